The van der Waals surface area contributed by atoms with Gasteiger partial charge in [-0.2, -0.15) is 0 Å². The van der Waals surface area contributed by atoms with Crippen molar-refractivity contribution in [2.24, 2.45) is 0 Å². The van der Waals surface area contributed by atoms with Crippen LogP contribution in [0.5, 0.6) is 0 Å². The number of para-hydroxylation sites is 8. The van der Waals surface area contributed by atoms with Crippen molar-refractivity contribution >= 4 is 217 Å². The van der Waals surface area contributed by atoms with Crippen LogP contribution < -0.4 is 0 Å². The summed E-state index contributed by atoms with van der Waals surface area (Å²) in [5.41, 5.74) is 21.1. The van der Waals surface area contributed by atoms with Gasteiger partial charge in [0.25, 0.3) is 0 Å². The summed E-state index contributed by atoms with van der Waals surface area (Å²) in [7, 11) is -20.7. The Morgan fingerprint density at radius 3 is 0.344 bits per heavy atom. The molecule has 0 spiro atoms. The van der Waals surface area contributed by atoms with Gasteiger partial charge in [-0.1, -0.05) is 48.5 Å². The van der Waals surface area contributed by atoms with Gasteiger partial charge in [0.05, 0.1) is 132 Å². The third-order valence-corrected chi connectivity index (χ3v) is 15.7. The van der Waals surface area contributed by atoms with Crippen LogP contribution in [0.2, 0.25) is 0 Å². The molecule has 12 aromatic heterocycles. The summed E-state index contributed by atoms with van der Waals surface area (Å²) in [6, 6.07) is 63.3. The number of benzene rings is 8. The summed E-state index contributed by atoms with van der Waals surface area (Å²) in [5.74, 6) is 0. The number of aromatic nitrogens is 16. The van der Waals surface area contributed by atoms with Crippen molar-refractivity contribution in [2.45, 2.75) is 0 Å². The predicted molar refractivity (Wildman–Crippen MR) is 439 cm³/mol. The number of nitrogens with zero attached hydrogens (tertiary/aromatic N) is 16. The van der Waals surface area contributed by atoms with E-state index >= 15 is 0 Å². The molecule has 0 aliphatic rings. The van der Waals surface area contributed by atoms with E-state index in [2.05, 4.69) is 39.9 Å². The fraction of sp³-hybridized carbons (Fsp3) is 0. The third-order valence-electron chi connectivity index (χ3n) is 15.7. The van der Waals surface area contributed by atoms with E-state index in [0.717, 1.165) is 175 Å². The topological polar surface area (TPSA) is 854 Å². The second kappa shape index (κ2) is 47.7. The van der Waals surface area contributed by atoms with Crippen LogP contribution in [-0.2, 0) is 154 Å². The molecule has 20 rings (SSSR count). The summed E-state index contributed by atoms with van der Waals surface area (Å²) in [5, 5.41) is 7.90. The first-order chi connectivity index (χ1) is 51.7. The summed E-state index contributed by atoms with van der Waals surface area (Å²) >= 11 is 0. The van der Waals surface area contributed by atoms with Gasteiger partial charge in [-0.3, -0.25) is 73.5 Å². The van der Waals surface area contributed by atoms with Gasteiger partial charge < -0.3 is 91.2 Å². The van der Waals surface area contributed by atoms with Gasteiger partial charge >= 0.3 is 68.3 Å². The Hall–Kier alpha value is -11.4. The smallest absolute Gasteiger partial charge is 0.759 e. The average Bonchev–Trinajstić information content (AvgIpc) is 0.758. The first-order valence-electron chi connectivity index (χ1n) is 31.1. The van der Waals surface area contributed by atoms with Crippen molar-refractivity contribution in [1.29, 1.82) is 0 Å². The second-order valence-electron chi connectivity index (χ2n) is 22.5. The van der Waals surface area contributed by atoms with Crippen LogP contribution >= 0.6 is 0 Å². The molecule has 0 saturated carbocycles. The van der Waals surface area contributed by atoms with Crippen LogP contribution in [0.15, 0.2) is 244 Å². The first kappa shape index (κ1) is 113. The molecule has 0 unspecified atom stereocenters. The normalized spacial score (nSPS) is 10.3. The molecule has 0 atom stereocenters. The number of hydrogen-bond donors (Lipinski definition) is 0. The molecule has 12 heterocycles. The summed E-state index contributed by atoms with van der Waals surface area (Å²) in [6.07, 6.45) is 14.3. The molecule has 0 saturated heterocycles. The SMILES string of the molecule is O.O.O=S(=O)([O-])[O-].O=S(=O)([O-])[O-].O=S(=O)([O-])[O-].O=S(=O)([O-])[O-].[Fe+2].[Fe+2].[Fe+2].[Fe+2].[OH3+].[OH3+].[OH3+].[OH3+].[OH3+].[OH3+].[OH3+].[OH3+].c1ccc2nc3c4cccnc4c4ncccc4c3nc2c1.c1ccc2nc3c4cccnc4c4ncccc4c3nc2c1.c1ccc2nc3c4cccnc4c4ncccc4c3nc2c1.c1ccc2nc3c4cccnc4c4ncccc4c3nc2c1. The van der Waals surface area contributed by atoms with Crippen molar-refractivity contribution in [3.8, 4) is 0 Å². The Kier molecular flexibility index (Phi) is 44.0. The van der Waals surface area contributed by atoms with Gasteiger partial charge in [0.15, 0.2) is 0 Å². The molecule has 640 valence electrons. The third kappa shape index (κ3) is 26.8. The van der Waals surface area contributed by atoms with Crippen LogP contribution in [0.25, 0.3) is 175 Å². The molecule has 0 bridgehead atoms. The predicted octanol–water partition coefficient (Wildman–Crippen LogP) is 1.13. The average molecular weight is 1930 g/mol. The number of hydrogen-bond acceptors (Lipinski definition) is 32. The maximum absolute atomic E-state index is 8.52. The molecule has 28 N–H and O–H groups in total. The first-order valence-corrected chi connectivity index (χ1v) is 36.4. The minimum absolute atomic E-state index is 0. The standard InChI is InChI=1S/4C18H10N4.4Fe.4H2O4S.10H2O/c4*1-2-8-14-13(7-1)21-17-11-5-3-9-19-15(11)16-12(18(17)22-14)6-4-10-20-16;;;;;4*1-5(2,3)4;;;;;;;;;;/h4*1-10H;;;;;4*(H2,1,2,3,4);10*1H2/q;;;;4*+2;;;;;;;;;;;;;;. The van der Waals surface area contributed by atoms with Gasteiger partial charge in [-0.25, -0.2) is 39.9 Å². The Morgan fingerprint density at radius 2 is 0.254 bits per heavy atom. The molecule has 42 nitrogen and oxygen atoms in total. The number of pyridine rings is 8. The van der Waals surface area contributed by atoms with E-state index in [1.54, 1.807) is 49.6 Å². The summed E-state index contributed by atoms with van der Waals surface area (Å²) in [6.45, 7) is 0. The zero-order chi connectivity index (χ0) is 76.1. The maximum atomic E-state index is 8.52. The van der Waals surface area contributed by atoms with Crippen molar-refractivity contribution in [3.63, 3.8) is 0 Å². The van der Waals surface area contributed by atoms with Crippen LogP contribution in [-0.4, -0.2) is 161 Å². The van der Waals surface area contributed by atoms with Crippen LogP contribution in [0, 0.1) is 0 Å². The zero-order valence-corrected chi connectivity index (χ0v) is 69.1. The monoisotopic (exact) mass is 1920 g/mol. The molecule has 122 heavy (non-hydrogen) atoms. The summed E-state index contributed by atoms with van der Waals surface area (Å²) < 4.78 is 136. The second-order valence-corrected chi connectivity index (χ2v) is 25.7. The van der Waals surface area contributed by atoms with Gasteiger partial charge in [-0.05, 0) is 146 Å². The van der Waals surface area contributed by atoms with Gasteiger partial charge in [0, 0.05) is 134 Å². The largest absolute Gasteiger partial charge is 2.00 e. The van der Waals surface area contributed by atoms with E-state index < -0.39 is 41.6 Å². The molecule has 0 aliphatic carbocycles. The van der Waals surface area contributed by atoms with Crippen LogP contribution in [0.1, 0.15) is 0 Å². The van der Waals surface area contributed by atoms with E-state index in [0.29, 0.717) is 0 Å². The van der Waals surface area contributed by atoms with Gasteiger partial charge in [0.1, 0.15) is 0 Å². The number of rotatable bonds is 0. The molecular weight excluding hydrogens is 1860 g/mol. The molecule has 0 radical (unpaired) electrons. The Bertz CT molecular complexity index is 6210. The van der Waals surface area contributed by atoms with Crippen LogP contribution in [0.3, 0.4) is 0 Å². The zero-order valence-electron chi connectivity index (χ0n) is 61.4. The van der Waals surface area contributed by atoms with E-state index in [1.165, 1.54) is 0 Å². The fourth-order valence-corrected chi connectivity index (χ4v) is 11.8. The minimum Gasteiger partial charge on any atom is -0.759 e. The van der Waals surface area contributed by atoms with Crippen molar-refractivity contribution in [3.05, 3.63) is 244 Å². The van der Waals surface area contributed by atoms with E-state index in [1.807, 2.05) is 194 Å². The molecule has 20 aromatic rings. The van der Waals surface area contributed by atoms with Crippen LogP contribution in [0.4, 0.5) is 0 Å². The van der Waals surface area contributed by atoms with E-state index in [-0.39, 0.29) is 123 Å². The summed E-state index contributed by atoms with van der Waals surface area (Å²) in [4.78, 5) is 74.7. The molecule has 0 fully saturated rings. The Labute approximate surface area is 728 Å². The van der Waals surface area contributed by atoms with E-state index in [9.17, 15) is 0 Å². The molecule has 50 heteroatoms. The van der Waals surface area contributed by atoms with Gasteiger partial charge in [0.2, 0.25) is 0 Å². The van der Waals surface area contributed by atoms with Crippen molar-refractivity contribution in [1.82, 2.24) is 79.7 Å². The molecule has 8 aromatic carbocycles. The minimum atomic E-state index is -5.17. The Balaban J connectivity index is 0. The van der Waals surface area contributed by atoms with Crippen molar-refractivity contribution < 1.29 is 193 Å². The quantitative estimate of drug-likeness (QED) is 0.0513. The molecule has 0 aliphatic heterocycles. The number of fused-ring (bicyclic) bond motifs is 28. The van der Waals surface area contributed by atoms with Crippen molar-refractivity contribution in [2.75, 3.05) is 0 Å². The molecule has 0 amide bonds. The Morgan fingerprint density at radius 1 is 0.164 bits per heavy atom. The van der Waals surface area contributed by atoms with Gasteiger partial charge in [-0.15, -0.1) is 0 Å². The fourth-order valence-electron chi connectivity index (χ4n) is 11.8. The molecular formula is C72H68Fe4N16O26S4+8. The van der Waals surface area contributed by atoms with E-state index in [4.69, 9.17) is 110 Å². The maximum Gasteiger partial charge on any atom is 2.00 e.